The second-order valence-corrected chi connectivity index (χ2v) is 7.52. The number of amides is 2. The first kappa shape index (κ1) is 20.1. The van der Waals surface area contributed by atoms with Crippen LogP contribution in [0, 0.1) is 16.0 Å². The van der Waals surface area contributed by atoms with Gasteiger partial charge in [0.1, 0.15) is 11.7 Å². The average molecular weight is 388 g/mol. The van der Waals surface area contributed by atoms with E-state index in [1.165, 1.54) is 12.5 Å². The van der Waals surface area contributed by atoms with Crippen molar-refractivity contribution in [2.75, 3.05) is 25.0 Å². The lowest BCUT2D eigenvalue weighted by atomic mass is 9.88. The Morgan fingerprint density at radius 1 is 1.07 bits per heavy atom. The highest BCUT2D eigenvalue weighted by Gasteiger charge is 2.37. The van der Waals surface area contributed by atoms with Crippen molar-refractivity contribution >= 4 is 23.2 Å². The van der Waals surface area contributed by atoms with E-state index in [0.717, 1.165) is 32.1 Å². The molecular weight excluding hydrogens is 360 g/mol. The molecule has 1 unspecified atom stereocenters. The second-order valence-electron chi connectivity index (χ2n) is 7.52. The summed E-state index contributed by atoms with van der Waals surface area (Å²) in [5.74, 6) is 0.0730. The van der Waals surface area contributed by atoms with Gasteiger partial charge in [0.15, 0.2) is 0 Å². The lowest BCUT2D eigenvalue weighted by molar-refractivity contribution is -0.384. The van der Waals surface area contributed by atoms with Crippen LogP contribution >= 0.6 is 0 Å². The van der Waals surface area contributed by atoms with Gasteiger partial charge in [-0.2, -0.15) is 0 Å². The number of rotatable bonds is 7. The van der Waals surface area contributed by atoms with E-state index in [4.69, 9.17) is 0 Å². The van der Waals surface area contributed by atoms with Crippen LogP contribution in [0.4, 0.5) is 11.4 Å². The summed E-state index contributed by atoms with van der Waals surface area (Å²) in [6.07, 6.45) is 6.80. The van der Waals surface area contributed by atoms with E-state index in [0.29, 0.717) is 31.7 Å². The van der Waals surface area contributed by atoms with E-state index in [2.05, 4.69) is 10.6 Å². The van der Waals surface area contributed by atoms with E-state index in [9.17, 15) is 19.7 Å². The van der Waals surface area contributed by atoms with Gasteiger partial charge in [0.25, 0.3) is 5.69 Å². The van der Waals surface area contributed by atoms with Crippen LogP contribution in [0.5, 0.6) is 0 Å². The molecule has 0 spiro atoms. The zero-order valence-electron chi connectivity index (χ0n) is 16.1. The van der Waals surface area contributed by atoms with Gasteiger partial charge in [-0.15, -0.1) is 0 Å². The Balaban J connectivity index is 1.48. The molecule has 2 N–H and O–H groups in total. The van der Waals surface area contributed by atoms with Crippen LogP contribution in [0.15, 0.2) is 24.3 Å². The minimum atomic E-state index is -0.436. The van der Waals surface area contributed by atoms with Gasteiger partial charge in [0.2, 0.25) is 11.8 Å². The van der Waals surface area contributed by atoms with Crippen LogP contribution in [0.2, 0.25) is 0 Å². The number of hydrogen-bond donors (Lipinski definition) is 2. The van der Waals surface area contributed by atoms with Gasteiger partial charge in [-0.1, -0.05) is 31.4 Å². The molecule has 1 aromatic rings. The standard InChI is InChI=1S/C20H28N4O4/c25-19(22-13-12-21-16-9-4-5-10-17(16)24(27)28)18-11-6-14-23(18)20(26)15-7-2-1-3-8-15/h4-5,9-10,15,18,21H,1-3,6-8,11-14H2,(H,22,25). The molecule has 152 valence electrons. The highest BCUT2D eigenvalue weighted by molar-refractivity contribution is 5.89. The first-order valence-electron chi connectivity index (χ1n) is 10.1. The number of para-hydroxylation sites is 2. The Kier molecular flexibility index (Phi) is 6.84. The van der Waals surface area contributed by atoms with Crippen molar-refractivity contribution in [1.29, 1.82) is 0 Å². The highest BCUT2D eigenvalue weighted by Crippen LogP contribution is 2.29. The summed E-state index contributed by atoms with van der Waals surface area (Å²) in [5.41, 5.74) is 0.436. The topological polar surface area (TPSA) is 105 Å². The normalized spacial score (nSPS) is 20.0. The van der Waals surface area contributed by atoms with E-state index in [-0.39, 0.29) is 29.5 Å². The number of nitro groups is 1. The fourth-order valence-corrected chi connectivity index (χ4v) is 4.17. The molecule has 1 heterocycles. The monoisotopic (exact) mass is 388 g/mol. The highest BCUT2D eigenvalue weighted by atomic mass is 16.6. The summed E-state index contributed by atoms with van der Waals surface area (Å²) in [7, 11) is 0. The molecular formula is C20H28N4O4. The Labute approximate surface area is 164 Å². The Hall–Kier alpha value is -2.64. The molecule has 0 radical (unpaired) electrons. The average Bonchev–Trinajstić information content (AvgIpc) is 3.21. The molecule has 1 aromatic carbocycles. The van der Waals surface area contributed by atoms with Crippen molar-refractivity contribution in [3.05, 3.63) is 34.4 Å². The smallest absolute Gasteiger partial charge is 0.292 e. The van der Waals surface area contributed by atoms with E-state index < -0.39 is 4.92 Å². The number of anilines is 1. The number of carbonyl (C=O) groups is 2. The molecule has 2 amide bonds. The number of nitrogens with one attached hydrogen (secondary N) is 2. The van der Waals surface area contributed by atoms with Gasteiger partial charge in [-0.25, -0.2) is 0 Å². The number of benzene rings is 1. The van der Waals surface area contributed by atoms with Gasteiger partial charge in [0.05, 0.1) is 4.92 Å². The van der Waals surface area contributed by atoms with E-state index in [1.807, 2.05) is 0 Å². The van der Waals surface area contributed by atoms with Crippen LogP contribution in [0.1, 0.15) is 44.9 Å². The van der Waals surface area contributed by atoms with Crippen LogP contribution in [-0.4, -0.2) is 47.3 Å². The molecule has 8 heteroatoms. The third kappa shape index (κ3) is 4.79. The van der Waals surface area contributed by atoms with Crippen molar-refractivity contribution in [2.45, 2.75) is 51.0 Å². The first-order chi connectivity index (χ1) is 13.6. The van der Waals surface area contributed by atoms with Crippen LogP contribution in [-0.2, 0) is 9.59 Å². The predicted molar refractivity (Wildman–Crippen MR) is 106 cm³/mol. The number of carbonyl (C=O) groups excluding carboxylic acids is 2. The van der Waals surface area contributed by atoms with Crippen molar-refractivity contribution < 1.29 is 14.5 Å². The van der Waals surface area contributed by atoms with Gasteiger partial charge >= 0.3 is 0 Å². The number of nitrogens with zero attached hydrogens (tertiary/aromatic N) is 2. The quantitative estimate of drug-likeness (QED) is 0.424. The van der Waals surface area contributed by atoms with Crippen molar-refractivity contribution in [3.8, 4) is 0 Å². The largest absolute Gasteiger partial charge is 0.378 e. The lowest BCUT2D eigenvalue weighted by Gasteiger charge is -2.30. The maximum Gasteiger partial charge on any atom is 0.292 e. The summed E-state index contributed by atoms with van der Waals surface area (Å²) in [6.45, 7) is 1.37. The molecule has 1 atom stereocenters. The van der Waals surface area contributed by atoms with Crippen molar-refractivity contribution in [1.82, 2.24) is 10.2 Å². The number of nitro benzene ring substituents is 1. The molecule has 3 rings (SSSR count). The first-order valence-corrected chi connectivity index (χ1v) is 10.1. The van der Waals surface area contributed by atoms with Gasteiger partial charge in [-0.05, 0) is 31.7 Å². The minimum absolute atomic E-state index is 0.00822. The molecule has 1 saturated heterocycles. The van der Waals surface area contributed by atoms with Crippen LogP contribution in [0.3, 0.4) is 0 Å². The summed E-state index contributed by atoms with van der Waals surface area (Å²) >= 11 is 0. The molecule has 0 bridgehead atoms. The molecule has 1 aliphatic carbocycles. The van der Waals surface area contributed by atoms with Crippen LogP contribution < -0.4 is 10.6 Å². The Morgan fingerprint density at radius 3 is 2.57 bits per heavy atom. The summed E-state index contributed by atoms with van der Waals surface area (Å²) in [5, 5.41) is 16.9. The molecule has 2 fully saturated rings. The lowest BCUT2D eigenvalue weighted by Crippen LogP contribution is -2.48. The third-order valence-electron chi connectivity index (χ3n) is 5.63. The second kappa shape index (κ2) is 9.52. The van der Waals surface area contributed by atoms with Crippen LogP contribution in [0.25, 0.3) is 0 Å². The van der Waals surface area contributed by atoms with Gasteiger partial charge < -0.3 is 15.5 Å². The van der Waals surface area contributed by atoms with Gasteiger partial charge in [0, 0.05) is 31.6 Å². The predicted octanol–water partition coefficient (Wildman–Crippen LogP) is 2.69. The van der Waals surface area contributed by atoms with Gasteiger partial charge in [-0.3, -0.25) is 19.7 Å². The zero-order chi connectivity index (χ0) is 19.9. The van der Waals surface area contributed by atoms with E-state index in [1.54, 1.807) is 23.1 Å². The summed E-state index contributed by atoms with van der Waals surface area (Å²) < 4.78 is 0. The minimum Gasteiger partial charge on any atom is -0.378 e. The zero-order valence-corrected chi connectivity index (χ0v) is 16.1. The van der Waals surface area contributed by atoms with Crippen molar-refractivity contribution in [2.24, 2.45) is 5.92 Å². The molecule has 2 aliphatic rings. The molecule has 8 nitrogen and oxygen atoms in total. The number of likely N-dealkylation sites (tertiary alicyclic amines) is 1. The SMILES string of the molecule is O=C(NCCNc1ccccc1[N+](=O)[O-])C1CCCN1C(=O)C1CCCCC1. The Morgan fingerprint density at radius 2 is 1.82 bits per heavy atom. The van der Waals surface area contributed by atoms with Crippen molar-refractivity contribution in [3.63, 3.8) is 0 Å². The maximum atomic E-state index is 12.8. The maximum absolute atomic E-state index is 12.8. The fraction of sp³-hybridized carbons (Fsp3) is 0.600. The van der Waals surface area contributed by atoms with E-state index >= 15 is 0 Å². The molecule has 1 saturated carbocycles. The fourth-order valence-electron chi connectivity index (χ4n) is 4.17. The molecule has 1 aliphatic heterocycles. The number of hydrogen-bond acceptors (Lipinski definition) is 5. The molecule has 28 heavy (non-hydrogen) atoms. The summed E-state index contributed by atoms with van der Waals surface area (Å²) in [4.78, 5) is 37.7. The molecule has 0 aromatic heterocycles. The Bertz CT molecular complexity index is 718. The third-order valence-corrected chi connectivity index (χ3v) is 5.63. The summed E-state index contributed by atoms with van der Waals surface area (Å²) in [6, 6.07) is 6.03.